The van der Waals surface area contributed by atoms with Crippen molar-refractivity contribution in [1.82, 2.24) is 15.1 Å². The summed E-state index contributed by atoms with van der Waals surface area (Å²) < 4.78 is 2.22. The van der Waals surface area contributed by atoms with Crippen molar-refractivity contribution in [2.24, 2.45) is 0 Å². The molecule has 2 aromatic carbocycles. The number of rotatable bonds is 6. The van der Waals surface area contributed by atoms with Gasteiger partial charge in [-0.2, -0.15) is 9.78 Å². The van der Waals surface area contributed by atoms with Crippen molar-refractivity contribution in [3.8, 4) is 16.9 Å². The Morgan fingerprint density at radius 2 is 1.93 bits per heavy atom. The molecule has 1 aromatic heterocycles. The molecule has 6 nitrogen and oxygen atoms in total. The van der Waals surface area contributed by atoms with Gasteiger partial charge in [0.05, 0.1) is 11.4 Å². The van der Waals surface area contributed by atoms with Crippen LogP contribution < -0.4 is 10.9 Å². The number of carbonyl (C=O) groups is 1. The lowest BCUT2D eigenvalue weighted by Gasteiger charge is -2.14. The van der Waals surface area contributed by atoms with E-state index >= 15 is 0 Å². The second-order valence-electron chi connectivity index (χ2n) is 6.89. The Balaban J connectivity index is 2.15. The lowest BCUT2D eigenvalue weighted by atomic mass is 10.1. The molecule has 7 heteroatoms. The minimum atomic E-state index is -0.489. The first-order valence-corrected chi connectivity index (χ1v) is 10.4. The monoisotopic (exact) mass is 503 g/mol. The fourth-order valence-corrected chi connectivity index (χ4v) is 3.40. The van der Waals surface area contributed by atoms with Crippen molar-refractivity contribution >= 4 is 28.5 Å². The summed E-state index contributed by atoms with van der Waals surface area (Å²) in [5.74, 6) is -0.480. The van der Waals surface area contributed by atoms with Gasteiger partial charge >= 0.3 is 0 Å². The summed E-state index contributed by atoms with van der Waals surface area (Å²) in [6.07, 6.45) is 0.409. The lowest BCUT2D eigenvalue weighted by molar-refractivity contribution is 0.0932. The van der Waals surface area contributed by atoms with Crippen LogP contribution in [0.4, 0.5) is 0 Å². The van der Waals surface area contributed by atoms with Gasteiger partial charge in [-0.05, 0) is 67.1 Å². The normalized spacial score (nSPS) is 11.9. The molecule has 0 saturated heterocycles. The van der Waals surface area contributed by atoms with Gasteiger partial charge in [0.15, 0.2) is 0 Å². The van der Waals surface area contributed by atoms with Crippen LogP contribution in [-0.2, 0) is 0 Å². The van der Waals surface area contributed by atoms with Gasteiger partial charge in [-0.1, -0.05) is 35.9 Å². The van der Waals surface area contributed by atoms with Crippen LogP contribution in [-0.4, -0.2) is 33.4 Å². The Morgan fingerprint density at radius 1 is 1.21 bits per heavy atom. The maximum Gasteiger partial charge on any atom is 0.284 e. The van der Waals surface area contributed by atoms with Crippen LogP contribution in [0, 0.1) is 10.5 Å². The van der Waals surface area contributed by atoms with Crippen LogP contribution in [0.5, 0.6) is 0 Å². The largest absolute Gasteiger partial charge is 0.396 e. The summed E-state index contributed by atoms with van der Waals surface area (Å²) in [6.45, 7) is 3.73. The van der Waals surface area contributed by atoms with E-state index in [1.807, 2.05) is 49.4 Å². The fourth-order valence-electron chi connectivity index (χ4n) is 2.87. The number of amides is 1. The highest BCUT2D eigenvalue weighted by Gasteiger charge is 2.19. The molecule has 1 unspecified atom stereocenters. The van der Waals surface area contributed by atoms with Crippen LogP contribution >= 0.6 is 22.6 Å². The topological polar surface area (TPSA) is 84.2 Å². The standard InChI is InChI=1S/C22H22IN3O3/c1-14-6-8-16(9-7-14)20-13-19(21(28)24-15(2)10-11-27)22(29)26(25-20)18-5-3-4-17(23)12-18/h3-9,12-13,15,27H,10-11H2,1-2H3,(H,24,28). The molecule has 0 bridgehead atoms. The molecule has 1 atom stereocenters. The molecule has 0 aliphatic heterocycles. The van der Waals surface area contributed by atoms with Crippen molar-refractivity contribution in [2.75, 3.05) is 6.61 Å². The Kier molecular flexibility index (Phi) is 6.81. The minimum Gasteiger partial charge on any atom is -0.396 e. The van der Waals surface area contributed by atoms with Crippen molar-refractivity contribution in [3.63, 3.8) is 0 Å². The third kappa shape index (κ3) is 5.10. The third-order valence-corrected chi connectivity index (χ3v) is 5.17. The molecule has 3 aromatic rings. The van der Waals surface area contributed by atoms with E-state index in [1.54, 1.807) is 13.0 Å². The van der Waals surface area contributed by atoms with E-state index in [2.05, 4.69) is 33.0 Å². The molecule has 0 saturated carbocycles. The van der Waals surface area contributed by atoms with Gasteiger partial charge in [0.2, 0.25) is 0 Å². The average Bonchev–Trinajstić information content (AvgIpc) is 2.69. The SMILES string of the molecule is Cc1ccc(-c2cc(C(=O)NC(C)CCO)c(=O)n(-c3cccc(I)c3)n2)cc1. The molecule has 150 valence electrons. The van der Waals surface area contributed by atoms with Gasteiger partial charge in [-0.25, -0.2) is 0 Å². The first-order valence-electron chi connectivity index (χ1n) is 9.28. The molecule has 0 aliphatic rings. The van der Waals surface area contributed by atoms with Crippen LogP contribution in [0.25, 0.3) is 16.9 Å². The smallest absolute Gasteiger partial charge is 0.284 e. The van der Waals surface area contributed by atoms with Gasteiger partial charge in [0.1, 0.15) is 5.56 Å². The van der Waals surface area contributed by atoms with Crippen molar-refractivity contribution in [2.45, 2.75) is 26.3 Å². The quantitative estimate of drug-likeness (QED) is 0.506. The molecule has 3 rings (SSSR count). The summed E-state index contributed by atoms with van der Waals surface area (Å²) >= 11 is 2.17. The van der Waals surface area contributed by atoms with E-state index in [9.17, 15) is 9.59 Å². The summed E-state index contributed by atoms with van der Waals surface area (Å²) in [5.41, 5.74) is 2.57. The molecule has 1 amide bonds. The highest BCUT2D eigenvalue weighted by Crippen LogP contribution is 2.19. The Hall–Kier alpha value is -2.52. The highest BCUT2D eigenvalue weighted by molar-refractivity contribution is 14.1. The molecular weight excluding hydrogens is 481 g/mol. The Morgan fingerprint density at radius 3 is 2.59 bits per heavy atom. The number of hydrogen-bond acceptors (Lipinski definition) is 4. The number of nitrogens with zero attached hydrogens (tertiary/aromatic N) is 2. The number of aliphatic hydroxyl groups excluding tert-OH is 1. The van der Waals surface area contributed by atoms with Crippen LogP contribution in [0.2, 0.25) is 0 Å². The zero-order valence-corrected chi connectivity index (χ0v) is 18.4. The minimum absolute atomic E-state index is 0.0132. The van der Waals surface area contributed by atoms with E-state index in [-0.39, 0.29) is 18.2 Å². The van der Waals surface area contributed by atoms with Crippen LogP contribution in [0.1, 0.15) is 29.3 Å². The van der Waals surface area contributed by atoms with Crippen molar-refractivity contribution < 1.29 is 9.90 Å². The zero-order valence-electron chi connectivity index (χ0n) is 16.2. The van der Waals surface area contributed by atoms with E-state index in [4.69, 9.17) is 5.11 Å². The summed E-state index contributed by atoms with van der Waals surface area (Å²) in [5, 5.41) is 16.4. The summed E-state index contributed by atoms with van der Waals surface area (Å²) in [4.78, 5) is 25.9. The fraction of sp³-hybridized carbons (Fsp3) is 0.227. The van der Waals surface area contributed by atoms with Gasteiger partial charge < -0.3 is 10.4 Å². The number of carbonyl (C=O) groups excluding carboxylic acids is 1. The predicted molar refractivity (Wildman–Crippen MR) is 121 cm³/mol. The molecule has 0 aliphatic carbocycles. The molecule has 0 spiro atoms. The number of aromatic nitrogens is 2. The van der Waals surface area contributed by atoms with E-state index < -0.39 is 11.5 Å². The third-order valence-electron chi connectivity index (χ3n) is 4.50. The Bertz CT molecular complexity index is 1080. The molecule has 29 heavy (non-hydrogen) atoms. The van der Waals surface area contributed by atoms with E-state index in [0.29, 0.717) is 17.8 Å². The zero-order chi connectivity index (χ0) is 21.0. The molecule has 0 radical (unpaired) electrons. The first-order chi connectivity index (χ1) is 13.9. The maximum atomic E-state index is 13.1. The van der Waals surface area contributed by atoms with Crippen LogP contribution in [0.3, 0.4) is 0 Å². The summed E-state index contributed by atoms with van der Waals surface area (Å²) in [7, 11) is 0. The first kappa shape index (κ1) is 21.2. The molecule has 1 heterocycles. The number of nitrogens with one attached hydrogen (secondary N) is 1. The average molecular weight is 503 g/mol. The van der Waals surface area contributed by atoms with Gasteiger partial charge in [-0.15, -0.1) is 0 Å². The van der Waals surface area contributed by atoms with Crippen LogP contribution in [0.15, 0.2) is 59.4 Å². The number of halogens is 1. The lowest BCUT2D eigenvalue weighted by Crippen LogP contribution is -2.38. The summed E-state index contributed by atoms with van der Waals surface area (Å²) in [6, 6.07) is 16.4. The number of hydrogen-bond donors (Lipinski definition) is 2. The van der Waals surface area contributed by atoms with E-state index in [0.717, 1.165) is 14.7 Å². The second-order valence-corrected chi connectivity index (χ2v) is 8.14. The second kappa shape index (κ2) is 9.32. The van der Waals surface area contributed by atoms with Gasteiger partial charge in [-0.3, -0.25) is 9.59 Å². The molecule has 0 fully saturated rings. The number of aryl methyl sites for hydroxylation is 1. The Labute approximate surface area is 182 Å². The predicted octanol–water partition coefficient (Wildman–Crippen LogP) is 3.31. The maximum absolute atomic E-state index is 13.1. The molecular formula is C22H22IN3O3. The van der Waals surface area contributed by atoms with Gasteiger partial charge in [0, 0.05) is 21.8 Å². The van der Waals surface area contributed by atoms with Crippen molar-refractivity contribution in [3.05, 3.63) is 79.6 Å². The van der Waals surface area contributed by atoms with Gasteiger partial charge in [0.25, 0.3) is 11.5 Å². The highest BCUT2D eigenvalue weighted by atomic mass is 127. The number of aliphatic hydroxyl groups is 1. The van der Waals surface area contributed by atoms with E-state index in [1.165, 1.54) is 10.7 Å². The van der Waals surface area contributed by atoms with Crippen molar-refractivity contribution in [1.29, 1.82) is 0 Å². The number of benzene rings is 2. The molecule has 2 N–H and O–H groups in total.